The predicted octanol–water partition coefficient (Wildman–Crippen LogP) is 5.55. The van der Waals surface area contributed by atoms with Gasteiger partial charge in [0.1, 0.15) is 11.2 Å². The van der Waals surface area contributed by atoms with Crippen LogP contribution < -0.4 is 0 Å². The van der Waals surface area contributed by atoms with E-state index in [4.69, 9.17) is 14.6 Å². The van der Waals surface area contributed by atoms with Gasteiger partial charge in [0.05, 0.1) is 6.42 Å². The molecule has 0 aromatic heterocycles. The Bertz CT molecular complexity index is 1220. The lowest BCUT2D eigenvalue weighted by Crippen LogP contribution is -2.47. The molecule has 0 unspecified atom stereocenters. The highest BCUT2D eigenvalue weighted by molar-refractivity contribution is 5.72. The maximum absolute atomic E-state index is 12.3. The third-order valence-electron chi connectivity index (χ3n) is 6.84. The average Bonchev–Trinajstić information content (AvgIpc) is 2.86. The number of rotatable bonds is 4. The number of fused-ring (bicyclic) bond motifs is 2. The summed E-state index contributed by atoms with van der Waals surface area (Å²) in [5, 5.41) is 18.3. The molecule has 2 aromatic carbocycles. The van der Waals surface area contributed by atoms with Crippen molar-refractivity contribution in [2.24, 2.45) is 0 Å². The van der Waals surface area contributed by atoms with E-state index >= 15 is 0 Å². The number of aliphatic hydroxyl groups is 1. The second-order valence-corrected chi connectivity index (χ2v) is 12.6. The van der Waals surface area contributed by atoms with E-state index in [1.165, 1.54) is 10.5 Å². The molecule has 2 aromatic rings. The Kier molecular flexibility index (Phi) is 10.4. The highest BCUT2D eigenvalue weighted by Crippen LogP contribution is 2.28. The molecule has 0 aliphatic carbocycles. The molecule has 2 N–H and O–H groups in total. The van der Waals surface area contributed by atoms with Crippen LogP contribution in [-0.4, -0.2) is 68.1 Å². The maximum Gasteiger partial charge on any atom is 0.410 e. The standard InChI is InChI=1S/C16H21NO4.C16H23NO3/c1-16(2,3)21-15(20)17-10-12-7-5-4-6-11(12)8-13(17)9-14(18)19;1-16(2,3)20-15(19)17-11-13-7-5-4-6-12(13)10-14(17)8-9-18/h4-7,13H,8-10H2,1-3H3,(H,18,19);4-7,14,18H,8-11H2,1-3H3/t13-;14-/m10/s1. The fourth-order valence-corrected chi connectivity index (χ4v) is 5.03. The summed E-state index contributed by atoms with van der Waals surface area (Å²) >= 11 is 0. The van der Waals surface area contributed by atoms with Crippen molar-refractivity contribution in [3.05, 3.63) is 70.8 Å². The van der Waals surface area contributed by atoms with Gasteiger partial charge in [0.25, 0.3) is 0 Å². The minimum absolute atomic E-state index is 0.00440. The first-order chi connectivity index (χ1) is 19.2. The Morgan fingerprint density at radius 1 is 0.732 bits per heavy atom. The summed E-state index contributed by atoms with van der Waals surface area (Å²) in [4.78, 5) is 39.0. The fourth-order valence-electron chi connectivity index (χ4n) is 5.03. The Hall–Kier alpha value is -3.59. The van der Waals surface area contributed by atoms with E-state index in [2.05, 4.69) is 6.07 Å². The van der Waals surface area contributed by atoms with E-state index in [0.29, 0.717) is 25.9 Å². The van der Waals surface area contributed by atoms with E-state index in [1.807, 2.05) is 63.2 Å². The van der Waals surface area contributed by atoms with Gasteiger partial charge in [0.15, 0.2) is 0 Å². The number of amides is 2. The molecule has 2 heterocycles. The molecule has 224 valence electrons. The summed E-state index contributed by atoms with van der Waals surface area (Å²) in [7, 11) is 0. The molecule has 0 bridgehead atoms. The smallest absolute Gasteiger partial charge is 0.410 e. The first-order valence-corrected chi connectivity index (χ1v) is 14.1. The van der Waals surface area contributed by atoms with Crippen LogP contribution in [0.2, 0.25) is 0 Å². The van der Waals surface area contributed by atoms with Gasteiger partial charge < -0.3 is 24.6 Å². The lowest BCUT2D eigenvalue weighted by molar-refractivity contribution is -0.138. The zero-order chi connectivity index (χ0) is 30.4. The molecule has 0 fully saturated rings. The number of carbonyl (C=O) groups is 3. The molecule has 0 radical (unpaired) electrons. The molecule has 41 heavy (non-hydrogen) atoms. The van der Waals surface area contributed by atoms with Crippen LogP contribution in [0.15, 0.2) is 48.5 Å². The van der Waals surface area contributed by atoms with Crippen LogP contribution in [0.4, 0.5) is 9.59 Å². The number of aliphatic hydroxyl groups excluding tert-OH is 1. The number of benzene rings is 2. The van der Waals surface area contributed by atoms with Crippen LogP contribution in [0.3, 0.4) is 0 Å². The first kappa shape index (κ1) is 31.9. The van der Waals surface area contributed by atoms with Crippen molar-refractivity contribution in [1.29, 1.82) is 0 Å². The van der Waals surface area contributed by atoms with Gasteiger partial charge in [-0.25, -0.2) is 9.59 Å². The van der Waals surface area contributed by atoms with Gasteiger partial charge in [0.2, 0.25) is 0 Å². The monoisotopic (exact) mass is 568 g/mol. The number of hydrogen-bond acceptors (Lipinski definition) is 6. The molecule has 2 amide bonds. The topological polar surface area (TPSA) is 117 Å². The minimum Gasteiger partial charge on any atom is -0.481 e. The highest BCUT2D eigenvalue weighted by Gasteiger charge is 2.34. The number of aliphatic carboxylic acids is 1. The summed E-state index contributed by atoms with van der Waals surface area (Å²) in [6, 6.07) is 15.6. The van der Waals surface area contributed by atoms with Gasteiger partial charge in [-0.05, 0) is 83.1 Å². The van der Waals surface area contributed by atoms with E-state index < -0.39 is 23.3 Å². The SMILES string of the molecule is CC(C)(C)OC(=O)N1Cc2ccccc2C[C@@H]1CC(=O)O.CC(C)(C)OC(=O)N1Cc2ccccc2C[C@@H]1CCO. The molecule has 2 atom stereocenters. The fraction of sp³-hybridized carbons (Fsp3) is 0.531. The first-order valence-electron chi connectivity index (χ1n) is 14.1. The zero-order valence-corrected chi connectivity index (χ0v) is 25.1. The van der Waals surface area contributed by atoms with Crippen molar-refractivity contribution in [2.45, 2.75) is 104 Å². The molecule has 0 saturated carbocycles. The van der Waals surface area contributed by atoms with Crippen molar-refractivity contribution < 1.29 is 34.1 Å². The van der Waals surface area contributed by atoms with Crippen LogP contribution in [0, 0.1) is 0 Å². The molecular weight excluding hydrogens is 524 g/mol. The van der Waals surface area contributed by atoms with Crippen LogP contribution >= 0.6 is 0 Å². The number of carboxylic acid groups (broad SMARTS) is 1. The summed E-state index contributed by atoms with van der Waals surface area (Å²) in [6.45, 7) is 12.0. The summed E-state index contributed by atoms with van der Waals surface area (Å²) < 4.78 is 10.9. The molecule has 2 aliphatic heterocycles. The Labute approximate surface area is 243 Å². The highest BCUT2D eigenvalue weighted by atomic mass is 16.6. The predicted molar refractivity (Wildman–Crippen MR) is 155 cm³/mol. The van der Waals surface area contributed by atoms with Crippen molar-refractivity contribution in [2.75, 3.05) is 6.61 Å². The normalized spacial score (nSPS) is 18.3. The second-order valence-electron chi connectivity index (χ2n) is 12.6. The van der Waals surface area contributed by atoms with Crippen LogP contribution in [0.1, 0.15) is 76.6 Å². The van der Waals surface area contributed by atoms with Crippen LogP contribution in [-0.2, 0) is 40.2 Å². The average molecular weight is 569 g/mol. The zero-order valence-electron chi connectivity index (χ0n) is 25.1. The van der Waals surface area contributed by atoms with Gasteiger partial charge in [-0.15, -0.1) is 0 Å². The van der Waals surface area contributed by atoms with Crippen molar-refractivity contribution in [3.8, 4) is 0 Å². The van der Waals surface area contributed by atoms with Gasteiger partial charge in [-0.2, -0.15) is 0 Å². The molecule has 9 nitrogen and oxygen atoms in total. The van der Waals surface area contributed by atoms with E-state index in [9.17, 15) is 19.5 Å². The minimum atomic E-state index is -0.909. The number of nitrogens with zero attached hydrogens (tertiary/aromatic N) is 2. The Balaban J connectivity index is 0.000000226. The number of hydrogen-bond donors (Lipinski definition) is 2. The lowest BCUT2D eigenvalue weighted by atomic mass is 9.92. The van der Waals surface area contributed by atoms with Gasteiger partial charge >= 0.3 is 18.2 Å². The number of carbonyl (C=O) groups excluding carboxylic acids is 2. The van der Waals surface area contributed by atoms with E-state index in [0.717, 1.165) is 23.1 Å². The lowest BCUT2D eigenvalue weighted by Gasteiger charge is -2.37. The molecular formula is C32H44N2O7. The largest absolute Gasteiger partial charge is 0.481 e. The van der Waals surface area contributed by atoms with Crippen molar-refractivity contribution in [3.63, 3.8) is 0 Å². The summed E-state index contributed by atoms with van der Waals surface area (Å²) in [5.74, 6) is -0.909. The van der Waals surface area contributed by atoms with Crippen molar-refractivity contribution in [1.82, 2.24) is 9.80 Å². The number of ether oxygens (including phenoxy) is 2. The summed E-state index contributed by atoms with van der Waals surface area (Å²) in [5.41, 5.74) is 3.46. The van der Waals surface area contributed by atoms with Gasteiger partial charge in [-0.3, -0.25) is 9.69 Å². The Morgan fingerprint density at radius 3 is 1.51 bits per heavy atom. The van der Waals surface area contributed by atoms with E-state index in [1.54, 1.807) is 25.7 Å². The van der Waals surface area contributed by atoms with Gasteiger partial charge in [0, 0.05) is 31.8 Å². The summed E-state index contributed by atoms with van der Waals surface area (Å²) in [6.07, 6.45) is 1.06. The Morgan fingerprint density at radius 2 is 1.12 bits per heavy atom. The maximum atomic E-state index is 12.3. The van der Waals surface area contributed by atoms with Crippen LogP contribution in [0.25, 0.3) is 0 Å². The van der Waals surface area contributed by atoms with Gasteiger partial charge in [-0.1, -0.05) is 48.5 Å². The molecule has 0 saturated heterocycles. The molecule has 9 heteroatoms. The van der Waals surface area contributed by atoms with Crippen molar-refractivity contribution >= 4 is 18.2 Å². The number of carboxylic acids is 1. The third-order valence-corrected chi connectivity index (χ3v) is 6.84. The third kappa shape index (κ3) is 9.49. The quantitative estimate of drug-likeness (QED) is 0.496. The van der Waals surface area contributed by atoms with Crippen LogP contribution in [0.5, 0.6) is 0 Å². The molecule has 4 rings (SSSR count). The molecule has 2 aliphatic rings. The molecule has 0 spiro atoms. The second kappa shape index (κ2) is 13.4. The van der Waals surface area contributed by atoms with E-state index in [-0.39, 0.29) is 31.2 Å².